The fourth-order valence-corrected chi connectivity index (χ4v) is 3.00. The summed E-state index contributed by atoms with van der Waals surface area (Å²) in [5.41, 5.74) is 0.889. The molecule has 2 N–H and O–H groups in total. The molecule has 1 fully saturated rings. The highest BCUT2D eigenvalue weighted by atomic mass is 79.9. The van der Waals surface area contributed by atoms with Gasteiger partial charge in [0.2, 0.25) is 5.91 Å². The molecular weight excluding hydrogens is 434 g/mol. The smallest absolute Gasteiger partial charge is 0.335 e. The molecule has 0 aromatic heterocycles. The van der Waals surface area contributed by atoms with Gasteiger partial charge >= 0.3 is 5.97 Å². The van der Waals surface area contributed by atoms with Crippen molar-refractivity contribution >= 4 is 68.6 Å². The van der Waals surface area contributed by atoms with E-state index in [0.717, 1.165) is 4.47 Å². The number of benzene rings is 2. The molecule has 27 heavy (non-hydrogen) atoms. The highest BCUT2D eigenvalue weighted by molar-refractivity contribution is 9.10. The highest BCUT2D eigenvalue weighted by Crippen LogP contribution is 2.23. The molecule has 1 saturated heterocycles. The first-order valence-corrected chi connectivity index (χ1v) is 8.89. The molecule has 0 unspecified atom stereocenters. The zero-order valence-electron chi connectivity index (χ0n) is 13.6. The third-order valence-electron chi connectivity index (χ3n) is 3.75. The van der Waals surface area contributed by atoms with Gasteiger partial charge in [-0.15, -0.1) is 0 Å². The molecule has 9 heteroatoms. The Morgan fingerprint density at radius 1 is 1.22 bits per heavy atom. The molecule has 1 aliphatic rings. The number of nitrogens with one attached hydrogen (secondary N) is 1. The molecule has 136 valence electrons. The number of carboxylic acids is 1. The van der Waals surface area contributed by atoms with Crippen molar-refractivity contribution in [3.8, 4) is 0 Å². The predicted octanol–water partition coefficient (Wildman–Crippen LogP) is 2.91. The van der Waals surface area contributed by atoms with Crippen molar-refractivity contribution in [1.29, 1.82) is 0 Å². The predicted molar refractivity (Wildman–Crippen MR) is 107 cm³/mol. The van der Waals surface area contributed by atoms with Crippen LogP contribution in [0.2, 0.25) is 0 Å². The molecule has 7 nitrogen and oxygen atoms in total. The van der Waals surface area contributed by atoms with Crippen LogP contribution in [0.3, 0.4) is 0 Å². The second-order valence-electron chi connectivity index (χ2n) is 5.56. The van der Waals surface area contributed by atoms with Gasteiger partial charge in [-0.2, -0.15) is 0 Å². The second-order valence-corrected chi connectivity index (χ2v) is 6.86. The van der Waals surface area contributed by atoms with Crippen molar-refractivity contribution in [2.75, 3.05) is 4.90 Å². The molecule has 1 aliphatic heterocycles. The fraction of sp³-hybridized carbons (Fsp3) is 0.0556. The van der Waals surface area contributed by atoms with Gasteiger partial charge in [0.25, 0.3) is 5.91 Å². The zero-order chi connectivity index (χ0) is 19.6. The van der Waals surface area contributed by atoms with E-state index in [1.165, 1.54) is 29.3 Å². The lowest BCUT2D eigenvalue weighted by molar-refractivity contribution is -0.130. The number of carbonyl (C=O) groups excluding carboxylic acids is 2. The average molecular weight is 446 g/mol. The summed E-state index contributed by atoms with van der Waals surface area (Å²) < 4.78 is 0.835. The Bertz CT molecular complexity index is 975. The largest absolute Gasteiger partial charge is 0.478 e. The summed E-state index contributed by atoms with van der Waals surface area (Å²) >= 11 is 8.44. The highest BCUT2D eigenvalue weighted by Gasteiger charge is 2.38. The Morgan fingerprint density at radius 3 is 2.59 bits per heavy atom. The number of rotatable bonds is 4. The van der Waals surface area contributed by atoms with Crippen LogP contribution >= 0.6 is 28.1 Å². The van der Waals surface area contributed by atoms with Crippen molar-refractivity contribution in [2.24, 2.45) is 10.9 Å². The lowest BCUT2D eigenvalue weighted by Gasteiger charge is -2.30. The number of anilines is 1. The molecule has 2 amide bonds. The first-order valence-electron chi connectivity index (χ1n) is 7.69. The standard InChI is InChI=1S/C18H12BrN3O4S/c19-11-4-6-13(7-5-11)22-16(24)14(15(23)21-18(22)27)9-20-12-3-1-2-10(8-12)17(25)26/h1-9,14H,(H,25,26)(H,21,23,27)/t14-/m1/s1. The van der Waals surface area contributed by atoms with E-state index in [9.17, 15) is 14.4 Å². The number of halogens is 1. The van der Waals surface area contributed by atoms with Gasteiger partial charge in [0.1, 0.15) is 0 Å². The normalized spacial score (nSPS) is 17.3. The zero-order valence-corrected chi connectivity index (χ0v) is 16.0. The lowest BCUT2D eigenvalue weighted by Crippen LogP contribution is -2.58. The summed E-state index contributed by atoms with van der Waals surface area (Å²) in [6.07, 6.45) is 1.19. The Morgan fingerprint density at radius 2 is 1.93 bits per heavy atom. The minimum atomic E-state index is -1.19. The topological polar surface area (TPSA) is 99.1 Å². The van der Waals surface area contributed by atoms with E-state index in [2.05, 4.69) is 26.2 Å². The quantitative estimate of drug-likeness (QED) is 0.428. The van der Waals surface area contributed by atoms with Crippen LogP contribution in [-0.4, -0.2) is 34.2 Å². The summed E-state index contributed by atoms with van der Waals surface area (Å²) in [5.74, 6) is -3.40. The molecule has 0 spiro atoms. The van der Waals surface area contributed by atoms with Crippen LogP contribution in [0.4, 0.5) is 11.4 Å². The minimum absolute atomic E-state index is 0.00940. The summed E-state index contributed by atoms with van der Waals surface area (Å²) in [4.78, 5) is 41.4. The van der Waals surface area contributed by atoms with Crippen LogP contribution < -0.4 is 10.2 Å². The van der Waals surface area contributed by atoms with E-state index in [4.69, 9.17) is 17.3 Å². The lowest BCUT2D eigenvalue weighted by atomic mass is 10.1. The van der Waals surface area contributed by atoms with E-state index in [-0.39, 0.29) is 10.7 Å². The van der Waals surface area contributed by atoms with Gasteiger partial charge in [0.15, 0.2) is 11.0 Å². The SMILES string of the molecule is O=C(O)c1cccc(N=C[C@@H]2C(=O)NC(=S)N(c3ccc(Br)cc3)C2=O)c1. The van der Waals surface area contributed by atoms with Crippen molar-refractivity contribution in [3.63, 3.8) is 0 Å². The molecule has 1 atom stereocenters. The summed E-state index contributed by atoms with van der Waals surface area (Å²) in [6.45, 7) is 0. The van der Waals surface area contributed by atoms with Crippen LogP contribution in [0.25, 0.3) is 0 Å². The Kier molecular flexibility index (Phi) is 5.43. The molecule has 3 rings (SSSR count). The molecule has 2 aromatic rings. The van der Waals surface area contributed by atoms with E-state index in [1.54, 1.807) is 30.3 Å². The molecule has 0 aliphatic carbocycles. The number of amides is 2. The number of hydrogen-bond acceptors (Lipinski definition) is 5. The third-order valence-corrected chi connectivity index (χ3v) is 4.57. The first-order chi connectivity index (χ1) is 12.9. The monoisotopic (exact) mass is 445 g/mol. The van der Waals surface area contributed by atoms with Gasteiger partial charge in [-0.25, -0.2) is 4.79 Å². The number of aliphatic imine (C=N–C) groups is 1. The van der Waals surface area contributed by atoms with Gasteiger partial charge in [-0.05, 0) is 54.7 Å². The molecule has 0 saturated carbocycles. The van der Waals surface area contributed by atoms with Crippen molar-refractivity contribution in [1.82, 2.24) is 5.32 Å². The Balaban J connectivity index is 1.88. The van der Waals surface area contributed by atoms with Gasteiger partial charge < -0.3 is 10.4 Å². The van der Waals surface area contributed by atoms with E-state index >= 15 is 0 Å². The number of carboxylic acid groups (broad SMARTS) is 1. The van der Waals surface area contributed by atoms with Gasteiger partial charge in [-0.3, -0.25) is 19.5 Å². The molecule has 2 aromatic carbocycles. The third kappa shape index (κ3) is 4.09. The van der Waals surface area contributed by atoms with Crippen LogP contribution in [0.15, 0.2) is 58.0 Å². The number of carbonyl (C=O) groups is 3. The Hall–Kier alpha value is -2.91. The van der Waals surface area contributed by atoms with Crippen LogP contribution in [0, 0.1) is 5.92 Å². The maximum Gasteiger partial charge on any atom is 0.335 e. The first kappa shape index (κ1) is 18.9. The maximum absolute atomic E-state index is 12.8. The van der Waals surface area contributed by atoms with Crippen molar-refractivity contribution < 1.29 is 19.5 Å². The minimum Gasteiger partial charge on any atom is -0.478 e. The second kappa shape index (κ2) is 7.77. The van der Waals surface area contributed by atoms with Gasteiger partial charge in [-0.1, -0.05) is 22.0 Å². The number of thiocarbonyl (C=S) groups is 1. The van der Waals surface area contributed by atoms with Crippen LogP contribution in [-0.2, 0) is 9.59 Å². The molecule has 1 heterocycles. The van der Waals surface area contributed by atoms with Crippen molar-refractivity contribution in [2.45, 2.75) is 0 Å². The maximum atomic E-state index is 12.8. The summed E-state index contributed by atoms with van der Waals surface area (Å²) in [5, 5.41) is 11.5. The van der Waals surface area contributed by atoms with Crippen LogP contribution in [0.5, 0.6) is 0 Å². The van der Waals surface area contributed by atoms with Crippen LogP contribution in [0.1, 0.15) is 10.4 Å². The number of aromatic carboxylic acids is 1. The fourth-order valence-electron chi connectivity index (χ4n) is 2.44. The van der Waals surface area contributed by atoms with E-state index < -0.39 is 23.7 Å². The van der Waals surface area contributed by atoms with Gasteiger partial charge in [0.05, 0.1) is 16.9 Å². The van der Waals surface area contributed by atoms with Crippen molar-refractivity contribution in [3.05, 3.63) is 58.6 Å². The van der Waals surface area contributed by atoms with E-state index in [1.807, 2.05) is 0 Å². The number of hydrogen-bond donors (Lipinski definition) is 2. The average Bonchev–Trinajstić information content (AvgIpc) is 2.63. The molecule has 0 bridgehead atoms. The molecular formula is C18H12BrN3O4S. The summed E-state index contributed by atoms with van der Waals surface area (Å²) in [6, 6.07) is 12.8. The summed E-state index contributed by atoms with van der Waals surface area (Å²) in [7, 11) is 0. The number of nitrogens with zero attached hydrogens (tertiary/aromatic N) is 2. The van der Waals surface area contributed by atoms with E-state index in [0.29, 0.717) is 11.4 Å². The van der Waals surface area contributed by atoms with Gasteiger partial charge in [0, 0.05) is 10.7 Å². The molecule has 0 radical (unpaired) electrons. The Labute approximate surface area is 167 Å².